The Labute approximate surface area is 933 Å². The number of unbranched alkanes of at least 4 members (excludes halogenated alkanes) is 1. The van der Waals surface area contributed by atoms with Crippen LogP contribution >= 0.6 is 22.9 Å². The normalized spacial score (nSPS) is 13.7. The summed E-state index contributed by atoms with van der Waals surface area (Å²) in [5, 5.41) is 71.7. The lowest BCUT2D eigenvalue weighted by molar-refractivity contribution is 0.0910. The van der Waals surface area contributed by atoms with Crippen LogP contribution in [0.4, 0.5) is 4.39 Å². The first-order valence-electron chi connectivity index (χ1n) is 57.5. The third-order valence-electron chi connectivity index (χ3n) is 21.3. The van der Waals surface area contributed by atoms with E-state index in [0.29, 0.717) is 44.5 Å². The van der Waals surface area contributed by atoms with Crippen molar-refractivity contribution in [1.82, 2.24) is 68.0 Å². The van der Waals surface area contributed by atoms with E-state index in [1.165, 1.54) is 163 Å². The Kier molecular flexibility index (Phi) is 96.1. The molecule has 1 atom stereocenters. The fourth-order valence-corrected chi connectivity index (χ4v) is 14.7. The minimum Gasteiger partial charge on any atom is -0.492 e. The van der Waals surface area contributed by atoms with Crippen molar-refractivity contribution in [3.05, 3.63) is 189 Å². The number of nitrogens with zero attached hydrogens (tertiary/aromatic N) is 3. The molecule has 0 unspecified atom stereocenters. The van der Waals surface area contributed by atoms with Crippen molar-refractivity contribution in [2.45, 2.75) is 433 Å². The van der Waals surface area contributed by atoms with Crippen LogP contribution in [-0.2, 0) is 30.4 Å². The predicted molar refractivity (Wildman–Crippen MR) is 659 cm³/mol. The lowest BCUT2D eigenvalue weighted by atomic mass is 9.87. The summed E-state index contributed by atoms with van der Waals surface area (Å²) in [6, 6.07) is 43.3. The number of aliphatic hydroxyl groups is 4. The van der Waals surface area contributed by atoms with Crippen molar-refractivity contribution in [2.24, 2.45) is 29.2 Å². The van der Waals surface area contributed by atoms with Gasteiger partial charge in [0.1, 0.15) is 18.2 Å². The SMILES string of the molecule is CC(C)(C)NCCC1CCCCC1.CC(C)(C)NCCCN1CCCCC1.CC(C)(C)NCCCO.CC(C)(C)NCCOCCO.CC(C)(C)NCCOc1ccccc1.CC(C)(C)NCCc1ccc(F)cc1.CC(C)(C)NCCc1cccc(Cl)c1.CC(C)(C)NCCc1cccs1.CC(C)(C)NC[C@H](O)c1ccccc1.CC(C)C.CC(C)C.CC(C)NCCc1ccncc1.NCCCCO.NCCCN1CCCC1. The van der Waals surface area contributed by atoms with Crippen LogP contribution in [0.15, 0.2) is 151 Å². The topological polar surface area (TPSA) is 291 Å². The van der Waals surface area contributed by atoms with Crippen LogP contribution in [0.1, 0.15) is 378 Å². The number of hydrogen-bond acceptors (Lipinski definition) is 22. The average molecular weight is 2150 g/mol. The highest BCUT2D eigenvalue weighted by Crippen LogP contribution is 2.26. The molecular formula is C126H241ClFN15O6S. The summed E-state index contributed by atoms with van der Waals surface area (Å²) in [5.74, 6) is 3.45. The minimum absolute atomic E-state index is 0.0513. The van der Waals surface area contributed by atoms with Gasteiger partial charge in [-0.3, -0.25) is 4.98 Å². The molecule has 876 valence electrons. The van der Waals surface area contributed by atoms with Crippen LogP contribution < -0.4 is 69.4 Å². The number of benzene rings is 4. The van der Waals surface area contributed by atoms with E-state index in [4.69, 9.17) is 47.9 Å². The van der Waals surface area contributed by atoms with Gasteiger partial charge in [0.15, 0.2) is 0 Å². The van der Waals surface area contributed by atoms with Crippen molar-refractivity contribution in [2.75, 3.05) is 157 Å². The molecule has 0 spiro atoms. The summed E-state index contributed by atoms with van der Waals surface area (Å²) in [6.07, 6.45) is 28.3. The van der Waals surface area contributed by atoms with E-state index in [-0.39, 0.29) is 69.9 Å². The van der Waals surface area contributed by atoms with Crippen LogP contribution in [0, 0.1) is 23.6 Å². The zero-order valence-electron chi connectivity index (χ0n) is 103. The number of ether oxygens (including phenoxy) is 2. The lowest BCUT2D eigenvalue weighted by Crippen LogP contribution is -2.38. The van der Waals surface area contributed by atoms with E-state index in [9.17, 15) is 9.50 Å². The molecule has 0 radical (unpaired) electrons. The van der Waals surface area contributed by atoms with Gasteiger partial charge in [-0.1, -0.05) is 184 Å². The molecule has 21 nitrogen and oxygen atoms in total. The predicted octanol–water partition coefficient (Wildman–Crippen LogP) is 25.1. The van der Waals surface area contributed by atoms with Crippen molar-refractivity contribution in [3.63, 3.8) is 0 Å². The molecule has 6 aromatic rings. The zero-order valence-corrected chi connectivity index (χ0v) is 105. The summed E-state index contributed by atoms with van der Waals surface area (Å²) >= 11 is 7.73. The molecule has 18 N–H and O–H groups in total. The number of nitrogens with one attached hydrogen (secondary N) is 10. The minimum atomic E-state index is -0.421. The quantitative estimate of drug-likeness (QED) is 0.0159. The highest BCUT2D eigenvalue weighted by atomic mass is 35.5. The number of halogens is 2. The molecule has 2 saturated heterocycles. The van der Waals surface area contributed by atoms with Crippen LogP contribution in [-0.4, -0.2) is 249 Å². The van der Waals surface area contributed by atoms with Gasteiger partial charge < -0.3 is 104 Å². The largest absolute Gasteiger partial charge is 0.492 e. The number of pyridine rings is 1. The number of para-hydroxylation sites is 1. The molecule has 0 amide bonds. The molecule has 3 fully saturated rings. The summed E-state index contributed by atoms with van der Waals surface area (Å²) in [6.45, 7) is 97.0. The summed E-state index contributed by atoms with van der Waals surface area (Å²) in [4.78, 5) is 10.5. The van der Waals surface area contributed by atoms with Crippen molar-refractivity contribution in [1.29, 1.82) is 0 Å². The number of aromatic nitrogens is 1. The summed E-state index contributed by atoms with van der Waals surface area (Å²) in [7, 11) is 0. The number of hydrogen-bond donors (Lipinski definition) is 16. The maximum atomic E-state index is 12.6. The molecular weight excluding hydrogens is 1910 g/mol. The van der Waals surface area contributed by atoms with Crippen molar-refractivity contribution in [3.8, 4) is 5.75 Å². The van der Waals surface area contributed by atoms with Gasteiger partial charge in [0.2, 0.25) is 0 Å². The Bertz CT molecular complexity index is 3770. The number of piperidine rings is 1. The van der Waals surface area contributed by atoms with Gasteiger partial charge in [-0.05, 0) is 468 Å². The standard InChI is InChI=1S/C12H18ClN.C12H18FN.C12H26N2.2C12H19NO.C12H25N.C10H16N2.C10H17NS.C8H19NO2.C7H16N2.C7H17NO.C4H11NO.2C4H10/c1-12(2,3)14-8-7-10-5-4-6-11(13)9-10;1-12(2,3)14-9-8-10-4-6-11(13)7-5-10;1-12(2,3)13-8-7-11-14-9-5-4-6-10-14;1-12(2,3)13-9-10-14-11-7-5-4-6-8-11;1-12(2,3)13-9-11(14)10-7-5-4-6-8-10;1-12(2,3)13-10-9-11-7-5-4-6-8-11;1-9(2)12-8-5-10-3-6-11-7-4-10;1-10(2,3)11-7-6-9-5-4-8-12-9;1-8(2,3)9-4-6-11-7-5-10;8-4-3-7-9-5-1-2-6-9;1-7(2,3)8-5-4-6-9;5-3-1-2-4-6;2*1-4(2)3/h4-6,9,14H,7-8H2,1-3H3;4-7,14H,8-9H2,1-3H3;13H,4-11H2,1-3H3;4-8,13H,9-10H2,1-3H3;4-8,11,13-14H,9H2,1-3H3;11,13H,4-10H2,1-3H3;3-4,6-7,9,12H,5,8H2,1-2H3;4-5,8,11H,6-7H2,1-3H3;9-10H,4-7H2,1-3H3;1-8H2;8-9H,4-6H2,1-3H3;6H,1-5H2;2*4H,1-3H3/t;;;;11-;;;;;;;;;/m....0........./s1. The van der Waals surface area contributed by atoms with Crippen LogP contribution in [0.25, 0.3) is 0 Å². The van der Waals surface area contributed by atoms with Crippen molar-refractivity contribution >= 4 is 22.9 Å². The van der Waals surface area contributed by atoms with Gasteiger partial charge in [-0.2, -0.15) is 0 Å². The monoisotopic (exact) mass is 2150 g/mol. The highest BCUT2D eigenvalue weighted by Gasteiger charge is 2.19. The van der Waals surface area contributed by atoms with E-state index < -0.39 is 6.10 Å². The summed E-state index contributed by atoms with van der Waals surface area (Å²) < 4.78 is 23.2. The summed E-state index contributed by atoms with van der Waals surface area (Å²) in [5.41, 5.74) is 17.0. The third kappa shape index (κ3) is 128. The molecule has 0 bridgehead atoms. The Morgan fingerprint density at radius 2 is 0.793 bits per heavy atom. The van der Waals surface area contributed by atoms with Gasteiger partial charge in [-0.25, -0.2) is 4.39 Å². The number of likely N-dealkylation sites (tertiary alicyclic amines) is 2. The molecule has 4 heterocycles. The fraction of sp³-hybridized carbons (Fsp3) is 0.738. The first-order valence-corrected chi connectivity index (χ1v) is 58.8. The van der Waals surface area contributed by atoms with E-state index >= 15 is 0 Å². The fourth-order valence-electron chi connectivity index (χ4n) is 13.7. The van der Waals surface area contributed by atoms with Crippen LogP contribution in [0.2, 0.25) is 5.02 Å². The second-order valence-corrected chi connectivity index (χ2v) is 51.7. The molecule has 1 saturated carbocycles. The molecule has 24 heteroatoms. The first kappa shape index (κ1) is 153. The highest BCUT2D eigenvalue weighted by molar-refractivity contribution is 7.09. The van der Waals surface area contributed by atoms with Gasteiger partial charge in [0.05, 0.1) is 25.9 Å². The number of rotatable bonds is 41. The second-order valence-electron chi connectivity index (χ2n) is 50.3. The molecule has 2 aromatic heterocycles. The Morgan fingerprint density at radius 3 is 1.22 bits per heavy atom. The van der Waals surface area contributed by atoms with E-state index in [1.807, 2.05) is 115 Å². The number of nitrogens with two attached hydrogens (primary N) is 2. The van der Waals surface area contributed by atoms with Crippen molar-refractivity contribution < 1.29 is 34.3 Å². The van der Waals surface area contributed by atoms with Crippen LogP contribution in [0.3, 0.4) is 0 Å². The molecule has 1 aliphatic carbocycles. The lowest BCUT2D eigenvalue weighted by Gasteiger charge is -2.27. The first-order chi connectivity index (χ1) is 70.0. The smallest absolute Gasteiger partial charge is 0.123 e. The number of β-amino-alcohol motifs (C(OH)–C–C–N with tert-alkyl or cyclic N) is 1. The Morgan fingerprint density at radius 1 is 0.393 bits per heavy atom. The van der Waals surface area contributed by atoms with Gasteiger partial charge in [0.25, 0.3) is 0 Å². The Balaban J connectivity index is -0.000000508. The Hall–Kier alpha value is -5.01. The van der Waals surface area contributed by atoms with E-state index in [0.717, 1.165) is 138 Å². The molecule has 150 heavy (non-hydrogen) atoms. The molecule has 4 aromatic carbocycles. The molecule has 2 aliphatic heterocycles. The van der Waals surface area contributed by atoms with E-state index in [1.54, 1.807) is 0 Å². The number of aliphatic hydroxyl groups excluding tert-OH is 4. The average Bonchev–Trinajstić information content (AvgIpc) is 1.13. The van der Waals surface area contributed by atoms with E-state index in [2.05, 4.69) is 346 Å². The zero-order chi connectivity index (χ0) is 115. The molecule has 9 rings (SSSR count). The van der Waals surface area contributed by atoms with Crippen LogP contribution in [0.5, 0.6) is 5.75 Å². The second kappa shape index (κ2) is 94.0. The third-order valence-corrected chi connectivity index (χ3v) is 22.5. The van der Waals surface area contributed by atoms with Gasteiger partial charge in [-0.15, -0.1) is 11.3 Å². The maximum absolute atomic E-state index is 12.6. The maximum Gasteiger partial charge on any atom is 0.123 e. The van der Waals surface area contributed by atoms with Gasteiger partial charge in [0, 0.05) is 118 Å². The van der Waals surface area contributed by atoms with Gasteiger partial charge >= 0.3 is 0 Å². The number of thiophene rings is 1. The molecule has 3 aliphatic rings.